The van der Waals surface area contributed by atoms with Crippen LogP contribution >= 0.6 is 8.25 Å². The first kappa shape index (κ1) is 28.4. The maximum absolute atomic E-state index is 13.7. The van der Waals surface area contributed by atoms with E-state index in [0.717, 1.165) is 4.57 Å². The third-order valence-electron chi connectivity index (χ3n) is 4.37. The van der Waals surface area contributed by atoms with E-state index < -0.39 is 49.7 Å². The van der Waals surface area contributed by atoms with Crippen LogP contribution in [0.25, 0.3) is 0 Å². The normalized spacial score (nSPS) is 14.5. The van der Waals surface area contributed by atoms with Gasteiger partial charge in [-0.2, -0.15) is 18.1 Å². The van der Waals surface area contributed by atoms with Crippen molar-refractivity contribution in [1.82, 2.24) is 19.7 Å². The van der Waals surface area contributed by atoms with Crippen LogP contribution in [0.15, 0.2) is 12.1 Å². The molecule has 0 spiro atoms. The Hall–Kier alpha value is -2.65. The van der Waals surface area contributed by atoms with E-state index in [2.05, 4.69) is 10.2 Å². The van der Waals surface area contributed by atoms with Crippen LogP contribution in [-0.2, 0) is 35.0 Å². The van der Waals surface area contributed by atoms with Gasteiger partial charge in [-0.15, -0.1) is 10.2 Å². The molecule has 1 aliphatic heterocycles. The Bertz CT molecular complexity index is 1020. The van der Waals surface area contributed by atoms with Crippen molar-refractivity contribution in [2.24, 2.45) is 5.73 Å². The molecule has 2 heterocycles. The van der Waals surface area contributed by atoms with Gasteiger partial charge >= 0.3 is 14.4 Å². The van der Waals surface area contributed by atoms with Crippen LogP contribution in [-0.4, -0.2) is 48.5 Å². The molecule has 0 bridgehead atoms. The first-order chi connectivity index (χ1) is 14.8. The van der Waals surface area contributed by atoms with E-state index in [4.69, 9.17) is 20.1 Å². The van der Waals surface area contributed by atoms with Gasteiger partial charge in [0.15, 0.2) is 17.5 Å². The van der Waals surface area contributed by atoms with Gasteiger partial charge in [-0.05, 0) is 22.6 Å². The number of rotatable bonds is 4. The van der Waals surface area contributed by atoms with Crippen LogP contribution in [0.5, 0.6) is 0 Å². The second kappa shape index (κ2) is 11.5. The lowest BCUT2D eigenvalue weighted by atomic mass is 10.0. The highest BCUT2D eigenvalue weighted by molar-refractivity contribution is 7.29. The molecule has 0 radical (unpaired) electrons. The Balaban J connectivity index is -0.00000127. The zero-order valence-corrected chi connectivity index (χ0v) is 17.4. The predicted octanol–water partition coefficient (Wildman–Crippen LogP) is 0.926. The molecule has 5 N–H and O–H groups in total. The molecule has 1 aromatic heterocycles. The molecule has 1 amide bonds. The van der Waals surface area contributed by atoms with Crippen molar-refractivity contribution in [3.05, 3.63) is 46.8 Å². The molecule has 0 saturated heterocycles. The van der Waals surface area contributed by atoms with Crippen LogP contribution in [0.1, 0.15) is 27.9 Å². The smallest absolute Gasteiger partial charge is 0.485 e. The fourth-order valence-electron chi connectivity index (χ4n) is 3.01. The van der Waals surface area contributed by atoms with Crippen molar-refractivity contribution in [2.75, 3.05) is 6.54 Å². The first-order valence-electron chi connectivity index (χ1n) is 8.79. The lowest BCUT2D eigenvalue weighted by molar-refractivity contribution is -0.180. The first-order valence-corrected chi connectivity index (χ1v) is 9.92. The highest BCUT2D eigenvalue weighted by atomic mass is 31.1. The fourth-order valence-corrected chi connectivity index (χ4v) is 3.01. The number of aromatic nitrogens is 3. The predicted molar refractivity (Wildman–Crippen MR) is 103 cm³/mol. The van der Waals surface area contributed by atoms with E-state index in [1.807, 2.05) is 0 Å². The van der Waals surface area contributed by atoms with Crippen molar-refractivity contribution >= 4 is 14.2 Å². The number of hydrogen-bond acceptors (Lipinski definition) is 6. The topological polar surface area (TPSA) is 169 Å². The summed E-state index contributed by atoms with van der Waals surface area (Å²) in [7, 11) is -3.12. The number of fused-ring (bicyclic) bond motifs is 1. The standard InChI is InChI=1S/C16H15F6N5O.HO3P.H2O.3H2/c17-10-6-12(19)11(18)4-8(10)3-9(23)5-14(28)26-1-2-27-13(7-26)24-25-15(27)16(20,21)22;1-4(2)3;;;;/h4,6,9H,1-3,5,7,23H2;(H,1,2,3);1H2;3*1H/t9-;;;;;/m1...../s1. The molecule has 190 valence electrons. The van der Waals surface area contributed by atoms with Crippen LogP contribution in [0, 0.1) is 17.5 Å². The number of carbonyl (C=O) groups excluding carboxylic acids is 1. The minimum atomic E-state index is -4.64. The minimum Gasteiger partial charge on any atom is -0.567 e. The molecule has 1 aliphatic rings. The van der Waals surface area contributed by atoms with Crippen molar-refractivity contribution in [3.63, 3.8) is 0 Å². The molecular formula is C16H24F6N5O5P. The molecule has 10 nitrogen and oxygen atoms in total. The fraction of sp³-hybridized carbons (Fsp3) is 0.438. The highest BCUT2D eigenvalue weighted by Crippen LogP contribution is 2.29. The summed E-state index contributed by atoms with van der Waals surface area (Å²) in [6.07, 6.45) is -5.11. The van der Waals surface area contributed by atoms with Gasteiger partial charge in [-0.25, -0.2) is 13.2 Å². The van der Waals surface area contributed by atoms with E-state index in [-0.39, 0.29) is 53.6 Å². The SMILES string of the molecule is N[C@@H](CC(=O)N1CCn2c(nnc2C(F)(F)F)C1)Cc1cc(F)c(F)cc1F.O.O=[P+]([O-])O.[HH].[HH].[HH]. The van der Waals surface area contributed by atoms with E-state index >= 15 is 0 Å². The molecule has 33 heavy (non-hydrogen) atoms. The Kier molecular flexibility index (Phi) is 9.87. The molecule has 2 atom stereocenters. The summed E-state index contributed by atoms with van der Waals surface area (Å²) in [5.74, 6) is -5.15. The van der Waals surface area contributed by atoms with Gasteiger partial charge in [0.25, 0.3) is 0 Å². The lowest BCUT2D eigenvalue weighted by Gasteiger charge is -2.29. The van der Waals surface area contributed by atoms with Gasteiger partial charge in [0.05, 0.1) is 6.54 Å². The monoisotopic (exact) mass is 511 g/mol. The number of alkyl halides is 3. The van der Waals surface area contributed by atoms with Gasteiger partial charge in [0.2, 0.25) is 11.7 Å². The molecule has 3 rings (SSSR count). The zero-order valence-electron chi connectivity index (χ0n) is 16.5. The number of amides is 1. The van der Waals surface area contributed by atoms with Gasteiger partial charge in [0.1, 0.15) is 5.82 Å². The third kappa shape index (κ3) is 7.71. The van der Waals surface area contributed by atoms with Gasteiger partial charge in [0, 0.05) is 35.9 Å². The van der Waals surface area contributed by atoms with Crippen molar-refractivity contribution in [3.8, 4) is 0 Å². The average Bonchev–Trinajstić information content (AvgIpc) is 3.09. The number of carbonyl (C=O) groups is 1. The summed E-state index contributed by atoms with van der Waals surface area (Å²) in [6, 6.07) is 0.184. The number of hydrogen-bond donors (Lipinski definition) is 2. The van der Waals surface area contributed by atoms with Crippen LogP contribution < -0.4 is 10.6 Å². The quantitative estimate of drug-likeness (QED) is 0.349. The summed E-state index contributed by atoms with van der Waals surface area (Å²) in [5, 5.41) is 6.60. The Labute approximate surface area is 187 Å². The molecule has 2 aromatic rings. The number of nitrogens with zero attached hydrogens (tertiary/aromatic N) is 4. The molecule has 0 fully saturated rings. The summed E-state index contributed by atoms with van der Waals surface area (Å²) < 4.78 is 87.9. The minimum absolute atomic E-state index is 0. The molecule has 17 heteroatoms. The van der Waals surface area contributed by atoms with Crippen molar-refractivity contribution in [1.29, 1.82) is 0 Å². The van der Waals surface area contributed by atoms with E-state index in [0.29, 0.717) is 12.1 Å². The van der Waals surface area contributed by atoms with Crippen molar-refractivity contribution < 1.29 is 55.2 Å². The Morgan fingerprint density at radius 1 is 1.21 bits per heavy atom. The maximum Gasteiger partial charge on any atom is 0.485 e. The Morgan fingerprint density at radius 2 is 1.79 bits per heavy atom. The van der Waals surface area contributed by atoms with E-state index in [9.17, 15) is 31.1 Å². The van der Waals surface area contributed by atoms with Crippen LogP contribution in [0.4, 0.5) is 26.3 Å². The largest absolute Gasteiger partial charge is 0.567 e. The van der Waals surface area contributed by atoms with Gasteiger partial charge in [-0.1, -0.05) is 0 Å². The number of nitrogens with two attached hydrogens (primary N) is 1. The van der Waals surface area contributed by atoms with Gasteiger partial charge < -0.3 is 25.6 Å². The molecule has 0 aliphatic carbocycles. The summed E-state index contributed by atoms with van der Waals surface area (Å²) >= 11 is 0. The lowest BCUT2D eigenvalue weighted by Crippen LogP contribution is -2.42. The van der Waals surface area contributed by atoms with E-state index in [1.165, 1.54) is 4.90 Å². The maximum atomic E-state index is 13.7. The number of benzene rings is 1. The molecule has 0 saturated carbocycles. The third-order valence-corrected chi connectivity index (χ3v) is 4.37. The average molecular weight is 511 g/mol. The second-order valence-electron chi connectivity index (χ2n) is 6.67. The van der Waals surface area contributed by atoms with E-state index in [1.54, 1.807) is 0 Å². The van der Waals surface area contributed by atoms with Crippen LogP contribution in [0.2, 0.25) is 0 Å². The van der Waals surface area contributed by atoms with Crippen LogP contribution in [0.3, 0.4) is 0 Å². The highest BCUT2D eigenvalue weighted by Gasteiger charge is 2.40. The summed E-state index contributed by atoms with van der Waals surface area (Å²) in [4.78, 5) is 29.2. The molecule has 1 aromatic carbocycles. The summed E-state index contributed by atoms with van der Waals surface area (Å²) in [6.45, 7) is -0.302. The second-order valence-corrected chi connectivity index (χ2v) is 7.14. The number of halogens is 6. The molecule has 1 unspecified atom stereocenters. The zero-order chi connectivity index (χ0) is 24.2. The van der Waals surface area contributed by atoms with Gasteiger partial charge in [-0.3, -0.25) is 4.79 Å². The summed E-state index contributed by atoms with van der Waals surface area (Å²) in [5.41, 5.74) is 5.64. The Morgan fingerprint density at radius 3 is 2.36 bits per heavy atom. The molecular weight excluding hydrogens is 487 g/mol. The van der Waals surface area contributed by atoms with Crippen molar-refractivity contribution in [2.45, 2.75) is 38.1 Å².